The van der Waals surface area contributed by atoms with Gasteiger partial charge in [0.05, 0.1) is 10.6 Å². The van der Waals surface area contributed by atoms with Gasteiger partial charge in [0.2, 0.25) is 11.8 Å². The number of carbonyl (C=O) groups excluding carboxylic acids is 2. The lowest BCUT2D eigenvalue weighted by molar-refractivity contribution is -0.140. The maximum atomic E-state index is 14.6. The lowest BCUT2D eigenvalue weighted by Gasteiger charge is -2.34. The number of ether oxygens (including phenoxy) is 2. The van der Waals surface area contributed by atoms with Gasteiger partial charge in [0.15, 0.2) is 11.5 Å². The number of hydrogen-bond donors (Lipinski definition) is 1. The first kappa shape index (κ1) is 34.7. The second kappa shape index (κ2) is 15.5. The Kier molecular flexibility index (Phi) is 11.2. The van der Waals surface area contributed by atoms with E-state index in [0.29, 0.717) is 29.4 Å². The number of anilines is 1. The first-order valence-corrected chi connectivity index (χ1v) is 17.4. The summed E-state index contributed by atoms with van der Waals surface area (Å²) in [5, 5.41) is 3.38. The van der Waals surface area contributed by atoms with Crippen molar-refractivity contribution >= 4 is 39.1 Å². The number of nitrogens with one attached hydrogen (secondary N) is 1. The van der Waals surface area contributed by atoms with E-state index in [4.69, 9.17) is 21.1 Å². The molecule has 1 heterocycles. The largest absolute Gasteiger partial charge is 0.486 e. The van der Waals surface area contributed by atoms with Gasteiger partial charge in [-0.2, -0.15) is 0 Å². The van der Waals surface area contributed by atoms with Gasteiger partial charge in [-0.05, 0) is 66.9 Å². The summed E-state index contributed by atoms with van der Waals surface area (Å²) in [6.45, 7) is 3.60. The molecule has 2 amide bonds. The van der Waals surface area contributed by atoms with Gasteiger partial charge < -0.3 is 19.7 Å². The zero-order valence-corrected chi connectivity index (χ0v) is 28.2. The average Bonchev–Trinajstić information content (AvgIpc) is 3.09. The number of amides is 2. The lowest BCUT2D eigenvalue weighted by Crippen LogP contribution is -2.54. The average molecular weight is 694 g/mol. The van der Waals surface area contributed by atoms with Crippen LogP contribution in [-0.2, 0) is 32.6 Å². The van der Waals surface area contributed by atoms with Crippen molar-refractivity contribution in [2.24, 2.45) is 0 Å². The maximum absolute atomic E-state index is 14.6. The molecule has 0 unspecified atom stereocenters. The molecule has 2 atom stereocenters. The Labute approximate surface area is 285 Å². The first-order chi connectivity index (χ1) is 23.1. The van der Waals surface area contributed by atoms with E-state index in [1.807, 2.05) is 44.2 Å². The van der Waals surface area contributed by atoms with Gasteiger partial charge in [-0.15, -0.1) is 0 Å². The molecule has 0 saturated carbocycles. The number of halogens is 2. The highest BCUT2D eigenvalue weighted by molar-refractivity contribution is 7.92. The van der Waals surface area contributed by atoms with Gasteiger partial charge in [-0.25, -0.2) is 12.8 Å². The highest BCUT2D eigenvalue weighted by Crippen LogP contribution is 2.34. The topological polar surface area (TPSA) is 105 Å². The Bertz CT molecular complexity index is 1840. The molecule has 48 heavy (non-hydrogen) atoms. The molecule has 4 aromatic carbocycles. The second-order valence-corrected chi connectivity index (χ2v) is 13.7. The van der Waals surface area contributed by atoms with Crippen molar-refractivity contribution in [1.29, 1.82) is 0 Å². The van der Waals surface area contributed by atoms with E-state index in [1.165, 1.54) is 35.2 Å². The number of hydrogen-bond acceptors (Lipinski definition) is 6. The van der Waals surface area contributed by atoms with Crippen molar-refractivity contribution in [1.82, 2.24) is 10.2 Å². The molecule has 0 radical (unpaired) electrons. The van der Waals surface area contributed by atoms with Crippen LogP contribution >= 0.6 is 11.6 Å². The molecule has 1 aliphatic heterocycles. The SMILES string of the molecule is CC[C@H](C)NC(=O)[C@H](Cc1ccccc1)N(Cc1ccccc1Cl)C(=O)CN(c1ccc(F)cc1)S(=O)(=O)c1ccc2c(c1)OCCO2. The van der Waals surface area contributed by atoms with Crippen LogP contribution < -0.4 is 19.1 Å². The fraction of sp³-hybridized carbons (Fsp3) is 0.278. The summed E-state index contributed by atoms with van der Waals surface area (Å²) in [7, 11) is -4.44. The van der Waals surface area contributed by atoms with Gasteiger partial charge in [0.1, 0.15) is 31.6 Å². The van der Waals surface area contributed by atoms with Crippen LogP contribution in [0, 0.1) is 5.82 Å². The van der Waals surface area contributed by atoms with Gasteiger partial charge in [0.25, 0.3) is 10.0 Å². The van der Waals surface area contributed by atoms with Gasteiger partial charge in [0, 0.05) is 30.1 Å². The van der Waals surface area contributed by atoms with Crippen molar-refractivity contribution in [3.8, 4) is 11.5 Å². The Morgan fingerprint density at radius 1 is 0.917 bits per heavy atom. The van der Waals surface area contributed by atoms with Crippen LogP contribution in [0.25, 0.3) is 0 Å². The van der Waals surface area contributed by atoms with Crippen LogP contribution in [0.5, 0.6) is 11.5 Å². The number of fused-ring (bicyclic) bond motifs is 1. The van der Waals surface area contributed by atoms with Crippen molar-refractivity contribution in [3.63, 3.8) is 0 Å². The van der Waals surface area contributed by atoms with Crippen LogP contribution in [-0.4, -0.2) is 57.0 Å². The lowest BCUT2D eigenvalue weighted by atomic mass is 10.0. The van der Waals surface area contributed by atoms with Crippen LogP contribution in [0.4, 0.5) is 10.1 Å². The fourth-order valence-electron chi connectivity index (χ4n) is 5.25. The molecule has 0 saturated heterocycles. The monoisotopic (exact) mass is 693 g/mol. The molecule has 5 rings (SSSR count). The molecule has 0 bridgehead atoms. The number of rotatable bonds is 13. The molecule has 0 aromatic heterocycles. The second-order valence-electron chi connectivity index (χ2n) is 11.4. The van der Waals surface area contributed by atoms with Crippen molar-refractivity contribution < 1.29 is 31.9 Å². The standard InChI is InChI=1S/C36H37ClFN3O6S/c1-3-25(2)39-36(43)32(21-26-9-5-4-6-10-26)40(23-27-11-7-8-12-31(27)37)35(42)24-41(29-15-13-28(38)14-16-29)48(44,45)30-17-18-33-34(22-30)47-20-19-46-33/h4-18,22,25,32H,3,19-21,23-24H2,1-2H3,(H,39,43)/t25-,32-/m0/s1. The summed E-state index contributed by atoms with van der Waals surface area (Å²) in [5.74, 6) is -0.992. The fourth-order valence-corrected chi connectivity index (χ4v) is 6.88. The molecule has 4 aromatic rings. The van der Waals surface area contributed by atoms with Crippen molar-refractivity contribution in [2.75, 3.05) is 24.1 Å². The quantitative estimate of drug-likeness (QED) is 0.184. The highest BCUT2D eigenvalue weighted by atomic mass is 35.5. The predicted octanol–water partition coefficient (Wildman–Crippen LogP) is 6.00. The summed E-state index contributed by atoms with van der Waals surface area (Å²) in [5.41, 5.74) is 1.43. The summed E-state index contributed by atoms with van der Waals surface area (Å²) < 4.78 is 54.8. The molecule has 12 heteroatoms. The van der Waals surface area contributed by atoms with Crippen molar-refractivity contribution in [3.05, 3.63) is 119 Å². The summed E-state index contributed by atoms with van der Waals surface area (Å²) in [6, 6.07) is 24.0. The van der Waals surface area contributed by atoms with Crippen LogP contribution in [0.3, 0.4) is 0 Å². The molecule has 0 fully saturated rings. The molecule has 1 aliphatic rings. The number of nitrogens with zero attached hydrogens (tertiary/aromatic N) is 2. The third-order valence-corrected chi connectivity index (χ3v) is 10.2. The molecular formula is C36H37ClFN3O6S. The minimum Gasteiger partial charge on any atom is -0.486 e. The zero-order valence-electron chi connectivity index (χ0n) is 26.6. The zero-order chi connectivity index (χ0) is 34.3. The molecular weight excluding hydrogens is 657 g/mol. The molecule has 252 valence electrons. The van der Waals surface area contributed by atoms with Gasteiger partial charge in [-0.3, -0.25) is 13.9 Å². The van der Waals surface area contributed by atoms with E-state index in [2.05, 4.69) is 5.32 Å². The minimum atomic E-state index is -4.44. The van der Waals surface area contributed by atoms with Crippen molar-refractivity contribution in [2.45, 2.75) is 50.2 Å². The number of carbonyl (C=O) groups is 2. The third-order valence-electron chi connectivity index (χ3n) is 8.07. The first-order valence-electron chi connectivity index (χ1n) is 15.6. The molecule has 9 nitrogen and oxygen atoms in total. The van der Waals surface area contributed by atoms with E-state index in [9.17, 15) is 22.4 Å². The Morgan fingerprint density at radius 2 is 1.58 bits per heavy atom. The van der Waals surface area contributed by atoms with Gasteiger partial charge >= 0.3 is 0 Å². The Morgan fingerprint density at radius 3 is 2.27 bits per heavy atom. The normalized spacial score (nSPS) is 13.7. The predicted molar refractivity (Wildman–Crippen MR) is 182 cm³/mol. The van der Waals surface area contributed by atoms with E-state index >= 15 is 0 Å². The maximum Gasteiger partial charge on any atom is 0.264 e. The highest BCUT2D eigenvalue weighted by Gasteiger charge is 2.35. The molecule has 0 aliphatic carbocycles. The van der Waals surface area contributed by atoms with E-state index in [-0.39, 0.29) is 41.9 Å². The van der Waals surface area contributed by atoms with Gasteiger partial charge in [-0.1, -0.05) is 67.1 Å². The molecule has 0 spiro atoms. The van der Waals surface area contributed by atoms with Crippen LogP contribution in [0.1, 0.15) is 31.4 Å². The van der Waals surface area contributed by atoms with E-state index in [1.54, 1.807) is 24.3 Å². The smallest absolute Gasteiger partial charge is 0.264 e. The minimum absolute atomic E-state index is 0.0565. The van der Waals surface area contributed by atoms with Crippen LogP contribution in [0.15, 0.2) is 102 Å². The van der Waals surface area contributed by atoms with E-state index < -0.39 is 40.2 Å². The summed E-state index contributed by atoms with van der Waals surface area (Å²) >= 11 is 6.55. The Balaban J connectivity index is 1.58. The third kappa shape index (κ3) is 8.26. The Hall–Kier alpha value is -4.61. The molecule has 1 N–H and O–H groups in total. The number of benzene rings is 4. The summed E-state index contributed by atoms with van der Waals surface area (Å²) in [4.78, 5) is 29.7. The number of sulfonamides is 1. The van der Waals surface area contributed by atoms with Crippen LogP contribution in [0.2, 0.25) is 5.02 Å². The van der Waals surface area contributed by atoms with E-state index in [0.717, 1.165) is 22.0 Å². The summed E-state index contributed by atoms with van der Waals surface area (Å²) in [6.07, 6.45) is 0.819.